The number of carbonyl (C=O) groups excluding carboxylic acids is 1. The Hall–Kier alpha value is -1.39. The van der Waals surface area contributed by atoms with Gasteiger partial charge in [-0.2, -0.15) is 0 Å². The van der Waals surface area contributed by atoms with Crippen LogP contribution in [0.1, 0.15) is 43.7 Å². The van der Waals surface area contributed by atoms with Gasteiger partial charge in [0.1, 0.15) is 0 Å². The summed E-state index contributed by atoms with van der Waals surface area (Å²) in [5, 5.41) is 3.15. The highest BCUT2D eigenvalue weighted by atomic mass is 16.5. The molecule has 1 saturated heterocycles. The highest BCUT2D eigenvalue weighted by Crippen LogP contribution is 2.29. The van der Waals surface area contributed by atoms with E-state index in [0.29, 0.717) is 12.5 Å². The van der Waals surface area contributed by atoms with Crippen LogP contribution in [0.4, 0.5) is 0 Å². The first-order valence-electron chi connectivity index (χ1n) is 8.90. The predicted octanol–water partition coefficient (Wildman–Crippen LogP) is 2.75. The Morgan fingerprint density at radius 2 is 1.96 bits per heavy atom. The van der Waals surface area contributed by atoms with Crippen LogP contribution in [0, 0.1) is 5.92 Å². The van der Waals surface area contributed by atoms with Gasteiger partial charge >= 0.3 is 0 Å². The summed E-state index contributed by atoms with van der Waals surface area (Å²) < 4.78 is 5.86. The number of nitrogens with one attached hydrogen (secondary N) is 1. The molecule has 0 bridgehead atoms. The third-order valence-electron chi connectivity index (χ3n) is 5.19. The van der Waals surface area contributed by atoms with Crippen LogP contribution in [-0.2, 0) is 9.53 Å². The maximum atomic E-state index is 12.7. The Labute approximate surface area is 139 Å². The standard InChI is InChI=1S/C19H28N2O2/c1-21-12-13-23-18(17(21)16-10-6-3-7-11-16)19(22)20-14-15-8-4-2-5-9-15/h3,6-7,10-11,15,17-18H,2,4-5,8-9,12-14H2,1H3,(H,20,22)/t17-,18+/m0/s1. The summed E-state index contributed by atoms with van der Waals surface area (Å²) in [5.41, 5.74) is 1.15. The Morgan fingerprint density at radius 1 is 1.22 bits per heavy atom. The van der Waals surface area contributed by atoms with Crippen molar-refractivity contribution in [3.63, 3.8) is 0 Å². The van der Waals surface area contributed by atoms with Crippen LogP contribution in [0.2, 0.25) is 0 Å². The summed E-state index contributed by atoms with van der Waals surface area (Å²) in [7, 11) is 2.07. The van der Waals surface area contributed by atoms with E-state index in [1.54, 1.807) is 0 Å². The fraction of sp³-hybridized carbons (Fsp3) is 0.632. The molecule has 2 aliphatic rings. The van der Waals surface area contributed by atoms with Crippen LogP contribution in [0.5, 0.6) is 0 Å². The molecular weight excluding hydrogens is 288 g/mol. The molecule has 126 valence electrons. The second kappa shape index (κ2) is 7.93. The van der Waals surface area contributed by atoms with Crippen molar-refractivity contribution in [3.8, 4) is 0 Å². The van der Waals surface area contributed by atoms with Crippen LogP contribution in [0.15, 0.2) is 30.3 Å². The summed E-state index contributed by atoms with van der Waals surface area (Å²) in [6.07, 6.45) is 6.02. The summed E-state index contributed by atoms with van der Waals surface area (Å²) >= 11 is 0. The number of morpholine rings is 1. The first kappa shape index (κ1) is 16.5. The van der Waals surface area contributed by atoms with Gasteiger partial charge in [0.15, 0.2) is 6.10 Å². The van der Waals surface area contributed by atoms with E-state index in [2.05, 4.69) is 29.4 Å². The number of hydrogen-bond acceptors (Lipinski definition) is 3. The molecule has 2 fully saturated rings. The molecule has 0 radical (unpaired) electrons. The number of nitrogens with zero attached hydrogens (tertiary/aromatic N) is 1. The molecule has 1 aliphatic heterocycles. The van der Waals surface area contributed by atoms with Crippen LogP contribution in [0.25, 0.3) is 0 Å². The average molecular weight is 316 g/mol. The number of benzene rings is 1. The quantitative estimate of drug-likeness (QED) is 0.929. The van der Waals surface area contributed by atoms with E-state index < -0.39 is 6.10 Å². The second-order valence-corrected chi connectivity index (χ2v) is 6.88. The molecule has 3 rings (SSSR count). The molecule has 1 N–H and O–H groups in total. The smallest absolute Gasteiger partial charge is 0.251 e. The van der Waals surface area contributed by atoms with Crippen molar-refractivity contribution in [2.75, 3.05) is 26.7 Å². The lowest BCUT2D eigenvalue weighted by atomic mass is 9.89. The van der Waals surface area contributed by atoms with Crippen molar-refractivity contribution < 1.29 is 9.53 Å². The number of hydrogen-bond donors (Lipinski definition) is 1. The fourth-order valence-corrected chi connectivity index (χ4v) is 3.82. The summed E-state index contributed by atoms with van der Waals surface area (Å²) in [6, 6.07) is 10.2. The van der Waals surface area contributed by atoms with E-state index >= 15 is 0 Å². The van der Waals surface area contributed by atoms with E-state index in [9.17, 15) is 4.79 Å². The Balaban J connectivity index is 1.64. The van der Waals surface area contributed by atoms with Gasteiger partial charge in [-0.05, 0) is 31.4 Å². The summed E-state index contributed by atoms with van der Waals surface area (Å²) in [5.74, 6) is 0.681. The van der Waals surface area contributed by atoms with Gasteiger partial charge in [0.2, 0.25) is 0 Å². The van der Waals surface area contributed by atoms with Crippen molar-refractivity contribution >= 4 is 5.91 Å². The average Bonchev–Trinajstić information content (AvgIpc) is 2.61. The zero-order valence-electron chi connectivity index (χ0n) is 14.0. The molecule has 23 heavy (non-hydrogen) atoms. The molecule has 2 atom stereocenters. The van der Waals surface area contributed by atoms with E-state index in [0.717, 1.165) is 18.7 Å². The lowest BCUT2D eigenvalue weighted by molar-refractivity contribution is -0.144. The monoisotopic (exact) mass is 316 g/mol. The Kier molecular flexibility index (Phi) is 5.68. The van der Waals surface area contributed by atoms with E-state index in [1.165, 1.54) is 32.1 Å². The van der Waals surface area contributed by atoms with Crippen LogP contribution >= 0.6 is 0 Å². The fourth-order valence-electron chi connectivity index (χ4n) is 3.82. The highest BCUT2D eigenvalue weighted by molar-refractivity contribution is 5.82. The topological polar surface area (TPSA) is 41.6 Å². The van der Waals surface area contributed by atoms with Gasteiger partial charge in [-0.1, -0.05) is 49.6 Å². The Morgan fingerprint density at radius 3 is 2.70 bits per heavy atom. The summed E-state index contributed by atoms with van der Waals surface area (Å²) in [4.78, 5) is 14.9. The second-order valence-electron chi connectivity index (χ2n) is 6.88. The number of amides is 1. The van der Waals surface area contributed by atoms with Crippen LogP contribution in [-0.4, -0.2) is 43.7 Å². The van der Waals surface area contributed by atoms with Crippen LogP contribution < -0.4 is 5.32 Å². The van der Waals surface area contributed by atoms with Gasteiger partial charge in [-0.3, -0.25) is 9.69 Å². The number of rotatable bonds is 4. The molecule has 0 unspecified atom stereocenters. The Bertz CT molecular complexity index is 499. The van der Waals surface area contributed by atoms with Crippen molar-refractivity contribution in [2.24, 2.45) is 5.92 Å². The molecule has 0 aromatic heterocycles. The predicted molar refractivity (Wildman–Crippen MR) is 91.1 cm³/mol. The third-order valence-corrected chi connectivity index (χ3v) is 5.19. The van der Waals surface area contributed by atoms with E-state index in [-0.39, 0.29) is 11.9 Å². The largest absolute Gasteiger partial charge is 0.365 e. The molecule has 4 heteroatoms. The molecule has 4 nitrogen and oxygen atoms in total. The van der Waals surface area contributed by atoms with Gasteiger partial charge in [0.25, 0.3) is 5.91 Å². The lowest BCUT2D eigenvalue weighted by Crippen LogP contribution is -2.51. The maximum absolute atomic E-state index is 12.7. The van der Waals surface area contributed by atoms with E-state index in [1.807, 2.05) is 18.2 Å². The van der Waals surface area contributed by atoms with Gasteiger partial charge in [0.05, 0.1) is 12.6 Å². The van der Waals surface area contributed by atoms with Crippen LogP contribution in [0.3, 0.4) is 0 Å². The molecule has 1 saturated carbocycles. The first-order valence-corrected chi connectivity index (χ1v) is 8.90. The summed E-state index contributed by atoms with van der Waals surface area (Å²) in [6.45, 7) is 2.26. The normalized spacial score (nSPS) is 26.8. The zero-order chi connectivity index (χ0) is 16.1. The number of carbonyl (C=O) groups is 1. The maximum Gasteiger partial charge on any atom is 0.251 e. The number of ether oxygens (including phenoxy) is 1. The zero-order valence-corrected chi connectivity index (χ0v) is 14.0. The molecule has 1 aromatic rings. The third kappa shape index (κ3) is 4.12. The molecule has 1 aliphatic carbocycles. The number of likely N-dealkylation sites (N-methyl/N-ethyl adjacent to an activating group) is 1. The van der Waals surface area contributed by atoms with Crippen molar-refractivity contribution in [3.05, 3.63) is 35.9 Å². The highest BCUT2D eigenvalue weighted by Gasteiger charge is 2.36. The molecule has 1 heterocycles. The molecule has 0 spiro atoms. The van der Waals surface area contributed by atoms with Gasteiger partial charge in [0, 0.05) is 13.1 Å². The van der Waals surface area contributed by atoms with Crippen molar-refractivity contribution in [2.45, 2.75) is 44.2 Å². The van der Waals surface area contributed by atoms with Crippen molar-refractivity contribution in [1.29, 1.82) is 0 Å². The van der Waals surface area contributed by atoms with Gasteiger partial charge in [-0.25, -0.2) is 0 Å². The van der Waals surface area contributed by atoms with Gasteiger partial charge < -0.3 is 10.1 Å². The first-order chi connectivity index (χ1) is 11.3. The van der Waals surface area contributed by atoms with Crippen molar-refractivity contribution in [1.82, 2.24) is 10.2 Å². The minimum atomic E-state index is -0.417. The van der Waals surface area contributed by atoms with Gasteiger partial charge in [-0.15, -0.1) is 0 Å². The molecule has 1 amide bonds. The minimum absolute atomic E-state index is 0.00342. The SMILES string of the molecule is CN1CCO[C@@H](C(=O)NCC2CCCCC2)[C@@H]1c1ccccc1. The molecule has 1 aromatic carbocycles. The van der Waals surface area contributed by atoms with E-state index in [4.69, 9.17) is 4.74 Å². The minimum Gasteiger partial charge on any atom is -0.365 e. The lowest BCUT2D eigenvalue weighted by Gasteiger charge is -2.38. The molecular formula is C19H28N2O2.